The van der Waals surface area contributed by atoms with E-state index in [0.29, 0.717) is 23.4 Å². The van der Waals surface area contributed by atoms with E-state index < -0.39 is 6.43 Å². The average molecular weight is 508 g/mol. The summed E-state index contributed by atoms with van der Waals surface area (Å²) in [6, 6.07) is 11.2. The summed E-state index contributed by atoms with van der Waals surface area (Å²) in [7, 11) is 0. The lowest BCUT2D eigenvalue weighted by Gasteiger charge is -2.10. The van der Waals surface area contributed by atoms with Gasteiger partial charge in [0.05, 0.1) is 33.7 Å². The van der Waals surface area contributed by atoms with Gasteiger partial charge in [-0.1, -0.05) is 36.6 Å². The van der Waals surface area contributed by atoms with Crippen LogP contribution in [-0.2, 0) is 13.0 Å². The molecule has 0 atom stereocenters. The van der Waals surface area contributed by atoms with Crippen LogP contribution >= 0.6 is 11.6 Å². The molecule has 1 aliphatic carbocycles. The molecule has 0 spiro atoms. The van der Waals surface area contributed by atoms with Gasteiger partial charge >= 0.3 is 0 Å². The summed E-state index contributed by atoms with van der Waals surface area (Å²) in [5, 5.41) is 18.2. The summed E-state index contributed by atoms with van der Waals surface area (Å²) in [6.07, 6.45) is 2.58. The molecule has 0 unspecified atom stereocenters. The number of nitrogens with zero attached hydrogens (tertiary/aromatic N) is 7. The zero-order valence-electron chi connectivity index (χ0n) is 19.9. The number of alkyl halides is 2. The van der Waals surface area contributed by atoms with Crippen LogP contribution in [0.1, 0.15) is 59.6 Å². The van der Waals surface area contributed by atoms with Crippen LogP contribution in [0.25, 0.3) is 17.1 Å². The number of benzene rings is 1. The molecular weight excluding hydrogens is 484 g/mol. The first-order valence-electron chi connectivity index (χ1n) is 11.8. The van der Waals surface area contributed by atoms with Crippen molar-refractivity contribution in [2.24, 2.45) is 5.92 Å². The first kappa shape index (κ1) is 24.1. The van der Waals surface area contributed by atoms with Gasteiger partial charge in [0.15, 0.2) is 5.82 Å². The molecule has 0 saturated heterocycles. The lowest BCUT2D eigenvalue weighted by Crippen LogP contribution is -2.10. The number of rotatable bonds is 8. The van der Waals surface area contributed by atoms with Gasteiger partial charge in [0.2, 0.25) is 0 Å². The zero-order chi connectivity index (χ0) is 25.4. The molecule has 3 heterocycles. The van der Waals surface area contributed by atoms with Gasteiger partial charge in [-0.05, 0) is 43.9 Å². The van der Waals surface area contributed by atoms with E-state index in [9.17, 15) is 8.78 Å². The molecule has 0 N–H and O–H groups in total. The van der Waals surface area contributed by atoms with Crippen molar-refractivity contribution in [2.75, 3.05) is 0 Å². The van der Waals surface area contributed by atoms with Crippen LogP contribution in [0.3, 0.4) is 0 Å². The Bertz CT molecular complexity index is 1450. The molecule has 184 valence electrons. The van der Waals surface area contributed by atoms with Gasteiger partial charge in [-0.3, -0.25) is 4.68 Å². The second-order valence-corrected chi connectivity index (χ2v) is 9.48. The van der Waals surface area contributed by atoms with Gasteiger partial charge in [-0.2, -0.15) is 15.5 Å². The second-order valence-electron chi connectivity index (χ2n) is 9.11. The minimum Gasteiger partial charge on any atom is -0.268 e. The normalized spacial score (nSPS) is 13.4. The topological polar surface area (TPSA) is 85.2 Å². The molecular formula is C26H24ClF2N7. The van der Waals surface area contributed by atoms with Crippen molar-refractivity contribution in [1.29, 1.82) is 5.26 Å². The molecule has 4 aromatic rings. The Morgan fingerprint density at radius 1 is 1.14 bits per heavy atom. The Kier molecular flexibility index (Phi) is 6.54. The minimum atomic E-state index is -2.79. The van der Waals surface area contributed by atoms with Gasteiger partial charge < -0.3 is 0 Å². The molecule has 0 radical (unpaired) electrons. The second kappa shape index (κ2) is 9.78. The third kappa shape index (κ3) is 4.73. The van der Waals surface area contributed by atoms with E-state index in [-0.39, 0.29) is 16.5 Å². The molecule has 0 bridgehead atoms. The van der Waals surface area contributed by atoms with Crippen molar-refractivity contribution in [3.8, 4) is 23.1 Å². The van der Waals surface area contributed by atoms with Crippen molar-refractivity contribution >= 4 is 11.6 Å². The molecule has 7 nitrogen and oxygen atoms in total. The smallest absolute Gasteiger partial charge is 0.268 e. The highest BCUT2D eigenvalue weighted by atomic mass is 35.5. The fourth-order valence-corrected chi connectivity index (χ4v) is 4.54. The maximum absolute atomic E-state index is 13.7. The van der Waals surface area contributed by atoms with E-state index in [1.165, 1.54) is 19.2 Å². The van der Waals surface area contributed by atoms with E-state index in [1.54, 1.807) is 25.1 Å². The van der Waals surface area contributed by atoms with Gasteiger partial charge in [0.1, 0.15) is 12.0 Å². The van der Waals surface area contributed by atoms with E-state index in [4.69, 9.17) is 22.0 Å². The molecule has 3 aromatic heterocycles. The number of hydrogen-bond donors (Lipinski definition) is 0. The number of halogens is 3. The molecule has 1 saturated carbocycles. The number of aryl methyl sites for hydroxylation is 2. The van der Waals surface area contributed by atoms with Crippen LogP contribution < -0.4 is 0 Å². The van der Waals surface area contributed by atoms with Crippen LogP contribution in [0.15, 0.2) is 36.7 Å². The molecule has 0 aliphatic heterocycles. The molecule has 5 rings (SSSR count). The fraction of sp³-hybridized carbons (Fsp3) is 0.346. The molecule has 1 aliphatic rings. The highest BCUT2D eigenvalue weighted by molar-refractivity contribution is 6.31. The summed E-state index contributed by atoms with van der Waals surface area (Å²) in [4.78, 5) is 8.59. The summed E-state index contributed by atoms with van der Waals surface area (Å²) in [5.41, 5.74) is 4.99. The third-order valence-corrected chi connectivity index (χ3v) is 7.02. The standard InChI is InChI=1S/C26H24ClF2N7/c1-15-21(11-20-12-22(32-14-31-20)36-25(26(28)29)23(27)16(2)33-36)35(10-9-17-3-4-17)34-24(15)19-7-5-18(13-30)6-8-19/h5-8,12,14,17,26H,3-4,9-11H2,1-2H3. The lowest BCUT2D eigenvalue weighted by molar-refractivity contribution is 0.142. The summed E-state index contributed by atoms with van der Waals surface area (Å²) < 4.78 is 30.5. The van der Waals surface area contributed by atoms with Crippen molar-refractivity contribution in [2.45, 2.75) is 52.5 Å². The molecule has 36 heavy (non-hydrogen) atoms. The Morgan fingerprint density at radius 3 is 2.56 bits per heavy atom. The summed E-state index contributed by atoms with van der Waals surface area (Å²) >= 11 is 6.08. The minimum absolute atomic E-state index is 0.0637. The van der Waals surface area contributed by atoms with E-state index >= 15 is 0 Å². The van der Waals surface area contributed by atoms with Gasteiger partial charge in [-0.15, -0.1) is 0 Å². The van der Waals surface area contributed by atoms with Crippen molar-refractivity contribution in [3.63, 3.8) is 0 Å². The summed E-state index contributed by atoms with van der Waals surface area (Å²) in [6.45, 7) is 4.40. The average Bonchev–Trinajstić information content (AvgIpc) is 3.59. The first-order valence-corrected chi connectivity index (χ1v) is 12.1. The fourth-order valence-electron chi connectivity index (χ4n) is 4.34. The largest absolute Gasteiger partial charge is 0.282 e. The molecule has 0 amide bonds. The van der Waals surface area contributed by atoms with Gasteiger partial charge in [-0.25, -0.2) is 23.4 Å². The highest BCUT2D eigenvalue weighted by Crippen LogP contribution is 2.34. The predicted molar refractivity (Wildman–Crippen MR) is 131 cm³/mol. The molecule has 10 heteroatoms. The quantitative estimate of drug-likeness (QED) is 0.292. The van der Waals surface area contributed by atoms with E-state index in [2.05, 4.69) is 21.1 Å². The maximum atomic E-state index is 13.7. The maximum Gasteiger partial charge on any atom is 0.282 e. The summed E-state index contributed by atoms with van der Waals surface area (Å²) in [5.74, 6) is 0.978. The van der Waals surface area contributed by atoms with Crippen LogP contribution in [0.2, 0.25) is 5.02 Å². The Labute approximate surface area is 212 Å². The number of hydrogen-bond acceptors (Lipinski definition) is 5. The Morgan fingerprint density at radius 2 is 1.89 bits per heavy atom. The van der Waals surface area contributed by atoms with Crippen LogP contribution in [0.4, 0.5) is 8.78 Å². The molecule has 1 fully saturated rings. The number of nitriles is 1. The Hall–Kier alpha value is -3.64. The first-order chi connectivity index (χ1) is 17.4. The van der Waals surface area contributed by atoms with E-state index in [0.717, 1.165) is 46.1 Å². The predicted octanol–water partition coefficient (Wildman–Crippen LogP) is 6.00. The van der Waals surface area contributed by atoms with Crippen molar-refractivity contribution < 1.29 is 8.78 Å². The van der Waals surface area contributed by atoms with Crippen molar-refractivity contribution in [3.05, 3.63) is 75.6 Å². The van der Waals surface area contributed by atoms with Crippen LogP contribution in [0.5, 0.6) is 0 Å². The third-order valence-electron chi connectivity index (χ3n) is 6.56. The molecule has 1 aromatic carbocycles. The lowest BCUT2D eigenvalue weighted by atomic mass is 10.0. The number of aromatic nitrogens is 6. The van der Waals surface area contributed by atoms with Crippen LogP contribution in [0, 0.1) is 31.1 Å². The SMILES string of the molecule is Cc1nn(-c2cc(Cc3c(C)c(-c4ccc(C#N)cc4)nn3CCC3CC3)ncn2)c(C(F)F)c1Cl. The highest BCUT2D eigenvalue weighted by Gasteiger charge is 2.25. The monoisotopic (exact) mass is 507 g/mol. The van der Waals surface area contributed by atoms with Crippen molar-refractivity contribution in [1.82, 2.24) is 29.5 Å². The van der Waals surface area contributed by atoms with Gasteiger partial charge in [0, 0.05) is 30.3 Å². The van der Waals surface area contributed by atoms with Gasteiger partial charge in [0.25, 0.3) is 6.43 Å². The van der Waals surface area contributed by atoms with Crippen LogP contribution in [-0.4, -0.2) is 29.5 Å². The van der Waals surface area contributed by atoms with E-state index in [1.807, 2.05) is 23.7 Å². The zero-order valence-corrected chi connectivity index (χ0v) is 20.7. The Balaban J connectivity index is 1.51.